The summed E-state index contributed by atoms with van der Waals surface area (Å²) in [6.45, 7) is 3.82. The zero-order valence-electron chi connectivity index (χ0n) is 15.7. The molecular weight excluding hydrogens is 356 g/mol. The topological polar surface area (TPSA) is 97.1 Å². The average Bonchev–Trinajstić information content (AvgIpc) is 3.14. The maximum Gasteiger partial charge on any atom is 0.326 e. The summed E-state index contributed by atoms with van der Waals surface area (Å²) in [5.74, 6) is -0.847. The van der Waals surface area contributed by atoms with Gasteiger partial charge in [0.15, 0.2) is 0 Å². The number of carboxylic acids is 1. The van der Waals surface area contributed by atoms with Crippen LogP contribution in [0, 0.1) is 5.92 Å². The minimum Gasteiger partial charge on any atom is -0.480 e. The number of aliphatic carboxylic acids is 1. The Kier molecular flexibility index (Phi) is 5.84. The van der Waals surface area contributed by atoms with E-state index < -0.39 is 17.9 Å². The lowest BCUT2D eigenvalue weighted by Crippen LogP contribution is -2.41. The quantitative estimate of drug-likeness (QED) is 0.658. The number of carboxylic acid groups (broad SMARTS) is 1. The molecule has 0 saturated carbocycles. The van der Waals surface area contributed by atoms with E-state index in [9.17, 15) is 14.7 Å². The van der Waals surface area contributed by atoms with Crippen molar-refractivity contribution in [2.75, 3.05) is 0 Å². The molecule has 0 saturated heterocycles. The van der Waals surface area contributed by atoms with Gasteiger partial charge in [-0.2, -0.15) is 0 Å². The molecule has 1 aromatic carbocycles. The second-order valence-electron chi connectivity index (χ2n) is 6.89. The minimum absolute atomic E-state index is 0.135. The van der Waals surface area contributed by atoms with Crippen molar-refractivity contribution in [3.05, 3.63) is 66.7 Å². The van der Waals surface area contributed by atoms with Gasteiger partial charge in [0.25, 0.3) is 5.91 Å². The Morgan fingerprint density at radius 2 is 1.79 bits per heavy atom. The van der Waals surface area contributed by atoms with Crippen molar-refractivity contribution in [2.24, 2.45) is 5.92 Å². The molecule has 2 N–H and O–H groups in total. The normalized spacial score (nSPS) is 12.0. The first-order valence-electron chi connectivity index (χ1n) is 9.04. The lowest BCUT2D eigenvalue weighted by molar-refractivity contribution is -0.139. The third-order valence-electron chi connectivity index (χ3n) is 4.22. The molecule has 0 spiro atoms. The number of hydrogen-bond donors (Lipinski definition) is 2. The van der Waals surface area contributed by atoms with Crippen LogP contribution in [-0.4, -0.2) is 37.6 Å². The lowest BCUT2D eigenvalue weighted by Gasteiger charge is -2.15. The van der Waals surface area contributed by atoms with Crippen molar-refractivity contribution in [1.29, 1.82) is 0 Å². The Balaban J connectivity index is 1.97. The molecule has 3 rings (SSSR count). The number of carbonyl (C=O) groups excluding carboxylic acids is 1. The smallest absolute Gasteiger partial charge is 0.326 e. The number of rotatable bonds is 7. The van der Waals surface area contributed by atoms with Crippen LogP contribution in [0.15, 0.2) is 61.1 Å². The molecular formula is C21H22N4O3. The van der Waals surface area contributed by atoms with Crippen LogP contribution in [0.5, 0.6) is 0 Å². The molecule has 0 unspecified atom stereocenters. The highest BCUT2D eigenvalue weighted by atomic mass is 16.4. The van der Waals surface area contributed by atoms with Crippen LogP contribution in [0.2, 0.25) is 0 Å². The van der Waals surface area contributed by atoms with Gasteiger partial charge in [0.1, 0.15) is 17.6 Å². The van der Waals surface area contributed by atoms with Crippen LogP contribution in [0.1, 0.15) is 30.8 Å². The summed E-state index contributed by atoms with van der Waals surface area (Å²) in [7, 11) is 0. The third kappa shape index (κ3) is 4.43. The van der Waals surface area contributed by atoms with E-state index in [1.807, 2.05) is 56.3 Å². The number of imidazole rings is 1. The second kappa shape index (κ2) is 8.47. The second-order valence-corrected chi connectivity index (χ2v) is 6.89. The van der Waals surface area contributed by atoms with Gasteiger partial charge < -0.3 is 10.4 Å². The van der Waals surface area contributed by atoms with E-state index in [-0.39, 0.29) is 11.6 Å². The van der Waals surface area contributed by atoms with Gasteiger partial charge in [-0.25, -0.2) is 9.78 Å². The van der Waals surface area contributed by atoms with Gasteiger partial charge in [0.2, 0.25) is 0 Å². The van der Waals surface area contributed by atoms with Gasteiger partial charge >= 0.3 is 5.97 Å². The summed E-state index contributed by atoms with van der Waals surface area (Å²) in [5.41, 5.74) is 1.80. The monoisotopic (exact) mass is 378 g/mol. The Hall–Kier alpha value is -3.48. The number of amides is 1. The highest BCUT2D eigenvalue weighted by Crippen LogP contribution is 2.23. The highest BCUT2D eigenvalue weighted by molar-refractivity contribution is 5.95. The minimum atomic E-state index is -1.06. The van der Waals surface area contributed by atoms with E-state index >= 15 is 0 Å². The van der Waals surface area contributed by atoms with Gasteiger partial charge in [0.05, 0.1) is 5.69 Å². The van der Waals surface area contributed by atoms with Crippen molar-refractivity contribution in [2.45, 2.75) is 26.3 Å². The van der Waals surface area contributed by atoms with Crippen molar-refractivity contribution in [3.63, 3.8) is 0 Å². The van der Waals surface area contributed by atoms with Crippen molar-refractivity contribution in [3.8, 4) is 17.1 Å². The fourth-order valence-corrected chi connectivity index (χ4v) is 2.91. The molecule has 0 aliphatic heterocycles. The van der Waals surface area contributed by atoms with Crippen molar-refractivity contribution in [1.82, 2.24) is 19.9 Å². The van der Waals surface area contributed by atoms with E-state index in [0.29, 0.717) is 12.2 Å². The third-order valence-corrected chi connectivity index (χ3v) is 4.22. The Labute approximate surface area is 163 Å². The van der Waals surface area contributed by atoms with Crippen LogP contribution in [0.4, 0.5) is 0 Å². The fraction of sp³-hybridized carbons (Fsp3) is 0.238. The van der Waals surface area contributed by atoms with E-state index in [0.717, 1.165) is 11.3 Å². The first kappa shape index (κ1) is 19.3. The standard InChI is InChI=1S/C21H22N4O3/c1-14(2)12-17(21(27)28)24-20(26)18-13-25(16-8-10-22-11-9-16)19(23-18)15-6-4-3-5-7-15/h3-11,13-14,17H,12H2,1-2H3,(H,24,26)(H,27,28)/t17-/m0/s1. The number of nitrogens with zero attached hydrogens (tertiary/aromatic N) is 3. The zero-order valence-corrected chi connectivity index (χ0v) is 15.7. The van der Waals surface area contributed by atoms with E-state index in [4.69, 9.17) is 0 Å². The average molecular weight is 378 g/mol. The van der Waals surface area contributed by atoms with Gasteiger partial charge in [-0.1, -0.05) is 44.2 Å². The number of benzene rings is 1. The zero-order chi connectivity index (χ0) is 20.1. The van der Waals surface area contributed by atoms with Gasteiger partial charge in [-0.15, -0.1) is 0 Å². The van der Waals surface area contributed by atoms with E-state index in [2.05, 4.69) is 15.3 Å². The first-order valence-corrected chi connectivity index (χ1v) is 9.04. The number of hydrogen-bond acceptors (Lipinski definition) is 4. The molecule has 144 valence electrons. The summed E-state index contributed by atoms with van der Waals surface area (Å²) in [4.78, 5) is 32.7. The molecule has 7 nitrogen and oxygen atoms in total. The Morgan fingerprint density at radius 1 is 1.11 bits per heavy atom. The maximum absolute atomic E-state index is 12.7. The largest absolute Gasteiger partial charge is 0.480 e. The Bertz CT molecular complexity index is 895. The maximum atomic E-state index is 12.7. The predicted molar refractivity (Wildman–Crippen MR) is 105 cm³/mol. The van der Waals surface area contributed by atoms with E-state index in [1.54, 1.807) is 23.2 Å². The molecule has 0 aliphatic carbocycles. The molecule has 0 aliphatic rings. The molecule has 7 heteroatoms. The fourth-order valence-electron chi connectivity index (χ4n) is 2.91. The first-order chi connectivity index (χ1) is 13.5. The lowest BCUT2D eigenvalue weighted by atomic mass is 10.0. The van der Waals surface area contributed by atoms with Gasteiger partial charge in [-0.05, 0) is 24.5 Å². The molecule has 0 bridgehead atoms. The SMILES string of the molecule is CC(C)C[C@H](NC(=O)c1cn(-c2ccncc2)c(-c2ccccc2)n1)C(=O)O. The van der Waals surface area contributed by atoms with Crippen LogP contribution in [0.3, 0.4) is 0 Å². The van der Waals surface area contributed by atoms with Crippen molar-refractivity contribution >= 4 is 11.9 Å². The summed E-state index contributed by atoms with van der Waals surface area (Å²) < 4.78 is 1.80. The number of aromatic nitrogens is 3. The molecule has 1 amide bonds. The molecule has 0 fully saturated rings. The molecule has 1 atom stereocenters. The number of nitrogens with one attached hydrogen (secondary N) is 1. The highest BCUT2D eigenvalue weighted by Gasteiger charge is 2.24. The van der Waals surface area contributed by atoms with Crippen LogP contribution >= 0.6 is 0 Å². The van der Waals surface area contributed by atoms with Crippen LogP contribution < -0.4 is 5.32 Å². The molecule has 28 heavy (non-hydrogen) atoms. The molecule has 3 aromatic rings. The van der Waals surface area contributed by atoms with Gasteiger partial charge in [0, 0.05) is 24.2 Å². The summed E-state index contributed by atoms with van der Waals surface area (Å²) in [6, 6.07) is 12.2. The van der Waals surface area contributed by atoms with Crippen LogP contribution in [0.25, 0.3) is 17.1 Å². The summed E-state index contributed by atoms with van der Waals surface area (Å²) >= 11 is 0. The number of carbonyl (C=O) groups is 2. The van der Waals surface area contributed by atoms with E-state index in [1.165, 1.54) is 0 Å². The van der Waals surface area contributed by atoms with Crippen LogP contribution in [-0.2, 0) is 4.79 Å². The van der Waals surface area contributed by atoms with Gasteiger partial charge in [-0.3, -0.25) is 14.3 Å². The predicted octanol–water partition coefficient (Wildman–Crippen LogP) is 3.16. The van der Waals surface area contributed by atoms with Crippen molar-refractivity contribution < 1.29 is 14.7 Å². The Morgan fingerprint density at radius 3 is 2.39 bits per heavy atom. The molecule has 2 heterocycles. The molecule has 0 radical (unpaired) electrons. The number of pyridine rings is 1. The molecule has 2 aromatic heterocycles. The summed E-state index contributed by atoms with van der Waals surface area (Å²) in [5, 5.41) is 12.0. The summed E-state index contributed by atoms with van der Waals surface area (Å²) in [6.07, 6.45) is 5.28.